The summed E-state index contributed by atoms with van der Waals surface area (Å²) in [7, 11) is -3.62. The number of halogens is 3. The molecular formula is C17H15BrCl2N2O3S. The fraction of sp³-hybridized carbons (Fsp3) is 0.235. The Bertz CT molecular complexity index is 945. The number of rotatable bonds is 3. The third-order valence-corrected chi connectivity index (χ3v) is 7.60. The lowest BCUT2D eigenvalue weighted by atomic mass is 10.2. The molecule has 5 nitrogen and oxygen atoms in total. The third kappa shape index (κ3) is 3.92. The average molecular weight is 478 g/mol. The van der Waals surface area contributed by atoms with Crippen LogP contribution in [0.5, 0.6) is 0 Å². The fourth-order valence-corrected chi connectivity index (χ4v) is 5.63. The topological polar surface area (TPSA) is 57.7 Å². The first kappa shape index (κ1) is 19.6. The lowest BCUT2D eigenvalue weighted by Gasteiger charge is -2.34. The molecule has 1 aliphatic rings. The highest BCUT2D eigenvalue weighted by atomic mass is 79.9. The van der Waals surface area contributed by atoms with E-state index in [1.807, 2.05) is 0 Å². The van der Waals surface area contributed by atoms with Gasteiger partial charge in [-0.15, -0.1) is 0 Å². The normalized spacial score (nSPS) is 15.9. The molecule has 9 heteroatoms. The Kier molecular flexibility index (Phi) is 5.94. The second-order valence-corrected chi connectivity index (χ2v) is 9.36. The summed E-state index contributed by atoms with van der Waals surface area (Å²) in [5.41, 5.74) is 0.359. The Morgan fingerprint density at radius 2 is 1.65 bits per heavy atom. The molecule has 3 rings (SSSR count). The molecule has 26 heavy (non-hydrogen) atoms. The molecule has 0 saturated carbocycles. The minimum Gasteiger partial charge on any atom is -0.336 e. The van der Waals surface area contributed by atoms with Gasteiger partial charge in [0.05, 0.1) is 15.5 Å². The molecule has 0 bridgehead atoms. The van der Waals surface area contributed by atoms with E-state index in [1.165, 1.54) is 10.4 Å². The Morgan fingerprint density at radius 3 is 2.27 bits per heavy atom. The summed E-state index contributed by atoms with van der Waals surface area (Å²) in [6.45, 7) is 1.03. The van der Waals surface area contributed by atoms with E-state index >= 15 is 0 Å². The molecule has 2 aromatic carbocycles. The standard InChI is InChI=1S/C17H15BrCl2N2O3S/c18-14-3-1-2-4-16(14)26(24,25)22-9-7-21(8-10-22)17(23)13-6-5-12(19)11-15(13)20/h1-6,11H,7-10H2. The molecule has 0 aliphatic carbocycles. The van der Waals surface area contributed by atoms with E-state index in [-0.39, 0.29) is 28.9 Å². The number of amides is 1. The van der Waals surface area contributed by atoms with Crippen LogP contribution in [0.25, 0.3) is 0 Å². The van der Waals surface area contributed by atoms with Crippen LogP contribution < -0.4 is 0 Å². The Labute approximate surface area is 170 Å². The van der Waals surface area contributed by atoms with Crippen LogP contribution in [0.1, 0.15) is 10.4 Å². The van der Waals surface area contributed by atoms with Gasteiger partial charge in [0.1, 0.15) is 0 Å². The largest absolute Gasteiger partial charge is 0.336 e. The monoisotopic (exact) mass is 476 g/mol. The van der Waals surface area contributed by atoms with Crippen LogP contribution in [0.3, 0.4) is 0 Å². The van der Waals surface area contributed by atoms with Gasteiger partial charge in [-0.2, -0.15) is 4.31 Å². The minimum absolute atomic E-state index is 0.223. The van der Waals surface area contributed by atoms with E-state index in [2.05, 4.69) is 15.9 Å². The summed E-state index contributed by atoms with van der Waals surface area (Å²) in [4.78, 5) is 14.5. The van der Waals surface area contributed by atoms with Gasteiger partial charge in [0.15, 0.2) is 0 Å². The van der Waals surface area contributed by atoms with Gasteiger partial charge in [-0.3, -0.25) is 4.79 Å². The molecule has 1 heterocycles. The molecule has 2 aromatic rings. The lowest BCUT2D eigenvalue weighted by Crippen LogP contribution is -2.50. The van der Waals surface area contributed by atoms with Crippen LogP contribution in [-0.4, -0.2) is 49.7 Å². The molecule has 1 saturated heterocycles. The summed E-state index contributed by atoms with van der Waals surface area (Å²) in [5.74, 6) is -0.232. The zero-order chi connectivity index (χ0) is 18.9. The number of sulfonamides is 1. The van der Waals surface area contributed by atoms with Crippen molar-refractivity contribution in [2.45, 2.75) is 4.90 Å². The van der Waals surface area contributed by atoms with E-state index in [0.717, 1.165) is 0 Å². The molecule has 0 radical (unpaired) electrons. The van der Waals surface area contributed by atoms with Crippen LogP contribution in [0.15, 0.2) is 51.8 Å². The highest BCUT2D eigenvalue weighted by Gasteiger charge is 2.31. The Balaban J connectivity index is 1.73. The summed E-state index contributed by atoms with van der Waals surface area (Å²) >= 11 is 15.2. The number of carbonyl (C=O) groups is 1. The SMILES string of the molecule is O=C(c1ccc(Cl)cc1Cl)N1CCN(S(=O)(=O)c2ccccc2Br)CC1. The maximum atomic E-state index is 12.8. The zero-order valence-electron chi connectivity index (χ0n) is 13.5. The predicted molar refractivity (Wildman–Crippen MR) is 105 cm³/mol. The molecule has 138 valence electrons. The summed E-state index contributed by atoms with van der Waals surface area (Å²) < 4.78 is 27.5. The van der Waals surface area contributed by atoms with Crippen LogP contribution in [0.4, 0.5) is 0 Å². The smallest absolute Gasteiger partial charge is 0.255 e. The summed E-state index contributed by atoms with van der Waals surface area (Å²) in [6, 6.07) is 11.4. The molecule has 0 N–H and O–H groups in total. The number of carbonyl (C=O) groups excluding carboxylic acids is 1. The molecule has 0 aromatic heterocycles. The van der Waals surface area contributed by atoms with Gasteiger partial charge < -0.3 is 4.90 Å². The molecule has 1 aliphatic heterocycles. The highest BCUT2D eigenvalue weighted by molar-refractivity contribution is 9.10. The number of piperazine rings is 1. The van der Waals surface area contributed by atoms with E-state index in [0.29, 0.717) is 28.1 Å². The van der Waals surface area contributed by atoms with Crippen LogP contribution in [0.2, 0.25) is 10.0 Å². The summed E-state index contributed by atoms with van der Waals surface area (Å²) in [6.07, 6.45) is 0. The van der Waals surface area contributed by atoms with Crippen molar-refractivity contribution >= 4 is 55.1 Å². The van der Waals surface area contributed by atoms with Gasteiger partial charge in [0.25, 0.3) is 5.91 Å². The maximum Gasteiger partial charge on any atom is 0.255 e. The number of hydrogen-bond acceptors (Lipinski definition) is 3. The fourth-order valence-electron chi connectivity index (χ4n) is 2.76. The predicted octanol–water partition coefficient (Wildman–Crippen LogP) is 3.90. The van der Waals surface area contributed by atoms with Crippen molar-refractivity contribution < 1.29 is 13.2 Å². The minimum atomic E-state index is -3.62. The van der Waals surface area contributed by atoms with Gasteiger partial charge in [0.2, 0.25) is 10.0 Å². The first-order chi connectivity index (χ1) is 12.3. The van der Waals surface area contributed by atoms with Crippen molar-refractivity contribution in [2.75, 3.05) is 26.2 Å². The van der Waals surface area contributed by atoms with Gasteiger partial charge in [-0.1, -0.05) is 35.3 Å². The molecule has 0 unspecified atom stereocenters. The van der Waals surface area contributed by atoms with Crippen molar-refractivity contribution in [3.63, 3.8) is 0 Å². The number of nitrogens with zero attached hydrogens (tertiary/aromatic N) is 2. The Hall–Kier alpha value is -1.12. The van der Waals surface area contributed by atoms with E-state index in [4.69, 9.17) is 23.2 Å². The van der Waals surface area contributed by atoms with Crippen molar-refractivity contribution in [1.29, 1.82) is 0 Å². The second kappa shape index (κ2) is 7.86. The van der Waals surface area contributed by atoms with Crippen molar-refractivity contribution in [3.8, 4) is 0 Å². The molecule has 0 spiro atoms. The van der Waals surface area contributed by atoms with Crippen molar-refractivity contribution in [1.82, 2.24) is 9.21 Å². The first-order valence-electron chi connectivity index (χ1n) is 7.80. The van der Waals surface area contributed by atoms with Crippen molar-refractivity contribution in [2.24, 2.45) is 0 Å². The molecule has 0 atom stereocenters. The summed E-state index contributed by atoms with van der Waals surface area (Å²) in [5, 5.41) is 0.738. The van der Waals surface area contributed by atoms with Crippen LogP contribution >= 0.6 is 39.1 Å². The quantitative estimate of drug-likeness (QED) is 0.673. The van der Waals surface area contributed by atoms with Crippen molar-refractivity contribution in [3.05, 3.63) is 62.5 Å². The van der Waals surface area contributed by atoms with Crippen LogP contribution in [-0.2, 0) is 10.0 Å². The molecule has 1 amide bonds. The highest BCUT2D eigenvalue weighted by Crippen LogP contribution is 2.26. The van der Waals surface area contributed by atoms with Gasteiger partial charge in [-0.25, -0.2) is 8.42 Å². The zero-order valence-corrected chi connectivity index (χ0v) is 17.4. The van der Waals surface area contributed by atoms with Gasteiger partial charge >= 0.3 is 0 Å². The number of hydrogen-bond donors (Lipinski definition) is 0. The van der Waals surface area contributed by atoms with Crippen LogP contribution in [0, 0.1) is 0 Å². The molecule has 1 fully saturated rings. The van der Waals surface area contributed by atoms with E-state index < -0.39 is 10.0 Å². The van der Waals surface area contributed by atoms with E-state index in [1.54, 1.807) is 41.3 Å². The van der Waals surface area contributed by atoms with Gasteiger partial charge in [-0.05, 0) is 46.3 Å². The maximum absolute atomic E-state index is 12.8. The van der Waals surface area contributed by atoms with Gasteiger partial charge in [0, 0.05) is 35.7 Å². The molecular weight excluding hydrogens is 463 g/mol. The average Bonchev–Trinajstić information content (AvgIpc) is 2.61. The first-order valence-corrected chi connectivity index (χ1v) is 10.8. The Morgan fingerprint density at radius 1 is 1.00 bits per heavy atom. The second-order valence-electron chi connectivity index (χ2n) is 5.75. The third-order valence-electron chi connectivity index (χ3n) is 4.14. The number of benzene rings is 2. The van der Waals surface area contributed by atoms with E-state index in [9.17, 15) is 13.2 Å². The lowest BCUT2D eigenvalue weighted by molar-refractivity contribution is 0.0698.